The number of anilines is 1. The van der Waals surface area contributed by atoms with Crippen molar-refractivity contribution in [1.82, 2.24) is 10.0 Å². The maximum absolute atomic E-state index is 12.3. The summed E-state index contributed by atoms with van der Waals surface area (Å²) in [5.74, 6) is -0.319. The van der Waals surface area contributed by atoms with Gasteiger partial charge in [-0.05, 0) is 42.5 Å². The topological polar surface area (TPSA) is 114 Å². The second-order valence-electron chi connectivity index (χ2n) is 5.70. The molecule has 10 heteroatoms. The van der Waals surface area contributed by atoms with E-state index in [-0.39, 0.29) is 29.5 Å². The van der Waals surface area contributed by atoms with E-state index in [2.05, 4.69) is 15.4 Å². The Balaban J connectivity index is 1.91. The maximum Gasteiger partial charge on any atom is 0.255 e. The smallest absolute Gasteiger partial charge is 0.255 e. The first-order chi connectivity index (χ1) is 13.2. The molecule has 0 spiro atoms. The van der Waals surface area contributed by atoms with Gasteiger partial charge in [-0.25, -0.2) is 13.1 Å². The van der Waals surface area contributed by atoms with Gasteiger partial charge in [0.2, 0.25) is 15.9 Å². The number of nitrogens with one attached hydrogen (secondary N) is 3. The Bertz CT molecular complexity index is 962. The number of methoxy groups -OCH3 is 1. The van der Waals surface area contributed by atoms with Crippen molar-refractivity contribution in [3.63, 3.8) is 0 Å². The Labute approximate surface area is 168 Å². The van der Waals surface area contributed by atoms with Crippen molar-refractivity contribution in [2.45, 2.75) is 11.8 Å². The van der Waals surface area contributed by atoms with Crippen LogP contribution >= 0.6 is 11.6 Å². The molecule has 0 aliphatic carbocycles. The average Bonchev–Trinajstić information content (AvgIpc) is 2.65. The Kier molecular flexibility index (Phi) is 7.38. The van der Waals surface area contributed by atoms with Crippen molar-refractivity contribution in [1.29, 1.82) is 0 Å². The van der Waals surface area contributed by atoms with Crippen LogP contribution in [0.5, 0.6) is 5.75 Å². The third-order valence-corrected chi connectivity index (χ3v) is 5.31. The highest BCUT2D eigenvalue weighted by Crippen LogP contribution is 2.22. The molecule has 2 aromatic rings. The molecule has 0 heterocycles. The van der Waals surface area contributed by atoms with Crippen molar-refractivity contribution < 1.29 is 22.7 Å². The fraction of sp³-hybridized carbons (Fsp3) is 0.222. The number of ether oxygens (including phenoxy) is 1. The molecule has 0 atom stereocenters. The lowest BCUT2D eigenvalue weighted by molar-refractivity contribution is -0.114. The zero-order chi connectivity index (χ0) is 20.7. The van der Waals surface area contributed by atoms with Crippen LogP contribution in [0.2, 0.25) is 5.02 Å². The molecule has 2 amide bonds. The summed E-state index contributed by atoms with van der Waals surface area (Å²) in [5.41, 5.74) is 0.751. The molecule has 3 N–H and O–H groups in total. The summed E-state index contributed by atoms with van der Waals surface area (Å²) in [7, 11) is -2.31. The predicted octanol–water partition coefficient (Wildman–Crippen LogP) is 2.02. The average molecular weight is 426 g/mol. The van der Waals surface area contributed by atoms with E-state index >= 15 is 0 Å². The summed E-state index contributed by atoms with van der Waals surface area (Å²) in [6.07, 6.45) is 0. The minimum atomic E-state index is -3.75. The van der Waals surface area contributed by atoms with Crippen LogP contribution in [0.4, 0.5) is 5.69 Å². The number of sulfonamides is 1. The molecule has 0 saturated carbocycles. The molecule has 0 unspecified atom stereocenters. The van der Waals surface area contributed by atoms with Gasteiger partial charge in [0.25, 0.3) is 5.91 Å². The number of rotatable bonds is 8. The maximum atomic E-state index is 12.3. The summed E-state index contributed by atoms with van der Waals surface area (Å²) in [6, 6.07) is 10.4. The monoisotopic (exact) mass is 425 g/mol. The Morgan fingerprint density at radius 1 is 1.07 bits per heavy atom. The van der Waals surface area contributed by atoms with Gasteiger partial charge in [0.05, 0.1) is 17.6 Å². The van der Waals surface area contributed by atoms with Gasteiger partial charge in [0, 0.05) is 30.7 Å². The molecule has 0 aromatic heterocycles. The molecule has 0 aliphatic heterocycles. The van der Waals surface area contributed by atoms with E-state index in [1.54, 1.807) is 12.1 Å². The third kappa shape index (κ3) is 5.95. The van der Waals surface area contributed by atoms with E-state index in [1.807, 2.05) is 0 Å². The molecule has 2 aromatic carbocycles. The molecular formula is C18H20ClN3O5S. The van der Waals surface area contributed by atoms with E-state index < -0.39 is 15.9 Å². The molecule has 0 aliphatic rings. The first kappa shape index (κ1) is 21.7. The number of benzene rings is 2. The summed E-state index contributed by atoms with van der Waals surface area (Å²) in [6.45, 7) is 1.42. The first-order valence-electron chi connectivity index (χ1n) is 8.22. The summed E-state index contributed by atoms with van der Waals surface area (Å²) < 4.78 is 32.1. The van der Waals surface area contributed by atoms with Crippen LogP contribution in [0.1, 0.15) is 17.3 Å². The van der Waals surface area contributed by atoms with Crippen LogP contribution in [-0.2, 0) is 14.8 Å². The highest BCUT2D eigenvalue weighted by atomic mass is 35.5. The standard InChI is InChI=1S/C18H20ClN3O5S/c1-12(23)22-14-4-6-15(7-5-14)28(25,26)21-10-9-20-18(24)16-11-13(19)3-8-17(16)27-2/h3-8,11,21H,9-10H2,1-2H3,(H,20,24)(H,22,23). The highest BCUT2D eigenvalue weighted by molar-refractivity contribution is 7.89. The van der Waals surface area contributed by atoms with Crippen LogP contribution in [0.15, 0.2) is 47.4 Å². The Hall–Kier alpha value is -2.62. The zero-order valence-corrected chi connectivity index (χ0v) is 16.9. The molecule has 0 saturated heterocycles. The van der Waals surface area contributed by atoms with E-state index in [9.17, 15) is 18.0 Å². The van der Waals surface area contributed by atoms with Crippen LogP contribution in [0.3, 0.4) is 0 Å². The van der Waals surface area contributed by atoms with Crippen LogP contribution in [-0.4, -0.2) is 40.4 Å². The lowest BCUT2D eigenvalue weighted by Gasteiger charge is -2.11. The lowest BCUT2D eigenvalue weighted by atomic mass is 10.2. The minimum Gasteiger partial charge on any atom is -0.496 e. The summed E-state index contributed by atoms with van der Waals surface area (Å²) >= 11 is 5.90. The van der Waals surface area contributed by atoms with Gasteiger partial charge < -0.3 is 15.4 Å². The van der Waals surface area contributed by atoms with Gasteiger partial charge >= 0.3 is 0 Å². The predicted molar refractivity (Wildman–Crippen MR) is 106 cm³/mol. The van der Waals surface area contributed by atoms with E-state index in [0.29, 0.717) is 16.5 Å². The van der Waals surface area contributed by atoms with Crippen molar-refractivity contribution in [3.05, 3.63) is 53.1 Å². The molecule has 0 bridgehead atoms. The lowest BCUT2D eigenvalue weighted by Crippen LogP contribution is -2.34. The second kappa shape index (κ2) is 9.54. The molecule has 0 radical (unpaired) electrons. The van der Waals surface area contributed by atoms with E-state index in [0.717, 1.165) is 0 Å². The summed E-state index contributed by atoms with van der Waals surface area (Å²) in [5, 5.41) is 5.54. The van der Waals surface area contributed by atoms with Crippen LogP contribution in [0, 0.1) is 0 Å². The third-order valence-electron chi connectivity index (χ3n) is 3.59. The quantitative estimate of drug-likeness (QED) is 0.560. The Morgan fingerprint density at radius 3 is 2.36 bits per heavy atom. The van der Waals surface area contributed by atoms with Gasteiger partial charge in [0.15, 0.2) is 0 Å². The Morgan fingerprint density at radius 2 is 1.75 bits per heavy atom. The van der Waals surface area contributed by atoms with Gasteiger partial charge in [-0.3, -0.25) is 9.59 Å². The largest absolute Gasteiger partial charge is 0.496 e. The van der Waals surface area contributed by atoms with Crippen molar-refractivity contribution in [2.75, 3.05) is 25.5 Å². The minimum absolute atomic E-state index is 0.00952. The van der Waals surface area contributed by atoms with Gasteiger partial charge in [-0.2, -0.15) is 0 Å². The molecule has 0 fully saturated rings. The molecular weight excluding hydrogens is 406 g/mol. The van der Waals surface area contributed by atoms with Crippen LogP contribution in [0.25, 0.3) is 0 Å². The highest BCUT2D eigenvalue weighted by Gasteiger charge is 2.15. The number of halogens is 1. The number of hydrogen-bond acceptors (Lipinski definition) is 5. The summed E-state index contributed by atoms with van der Waals surface area (Å²) in [4.78, 5) is 23.3. The SMILES string of the molecule is COc1ccc(Cl)cc1C(=O)NCCNS(=O)(=O)c1ccc(NC(C)=O)cc1. The van der Waals surface area contributed by atoms with Gasteiger partial charge in [0.1, 0.15) is 5.75 Å². The van der Waals surface area contributed by atoms with Crippen molar-refractivity contribution in [2.24, 2.45) is 0 Å². The van der Waals surface area contributed by atoms with E-state index in [4.69, 9.17) is 16.3 Å². The number of carbonyl (C=O) groups excluding carboxylic acids is 2. The molecule has 8 nitrogen and oxygen atoms in total. The van der Waals surface area contributed by atoms with Crippen LogP contribution < -0.4 is 20.1 Å². The van der Waals surface area contributed by atoms with E-state index in [1.165, 1.54) is 44.4 Å². The second-order valence-corrected chi connectivity index (χ2v) is 7.91. The number of carbonyl (C=O) groups is 2. The first-order valence-corrected chi connectivity index (χ1v) is 10.1. The molecule has 28 heavy (non-hydrogen) atoms. The fourth-order valence-corrected chi connectivity index (χ4v) is 3.52. The fourth-order valence-electron chi connectivity index (χ4n) is 2.32. The number of amides is 2. The van der Waals surface area contributed by atoms with Gasteiger partial charge in [-0.1, -0.05) is 11.6 Å². The zero-order valence-electron chi connectivity index (χ0n) is 15.3. The number of hydrogen-bond donors (Lipinski definition) is 3. The van der Waals surface area contributed by atoms with Crippen molar-refractivity contribution in [3.8, 4) is 5.75 Å². The van der Waals surface area contributed by atoms with Gasteiger partial charge in [-0.15, -0.1) is 0 Å². The normalized spacial score (nSPS) is 11.0. The van der Waals surface area contributed by atoms with Crippen molar-refractivity contribution >= 4 is 39.1 Å². The molecule has 2 rings (SSSR count). The molecule has 150 valence electrons.